The molecule has 6 nitrogen and oxygen atoms in total. The van der Waals surface area contributed by atoms with E-state index in [1.54, 1.807) is 0 Å². The Bertz CT molecular complexity index is 1100. The molecule has 0 unspecified atom stereocenters. The van der Waals surface area contributed by atoms with Gasteiger partial charge in [-0.15, -0.1) is 0 Å². The van der Waals surface area contributed by atoms with E-state index < -0.39 is 5.91 Å². The highest BCUT2D eigenvalue weighted by molar-refractivity contribution is 6.33. The number of nitrogen functional groups attached to an aromatic ring is 1. The summed E-state index contributed by atoms with van der Waals surface area (Å²) < 4.78 is 7.84. The van der Waals surface area contributed by atoms with Crippen molar-refractivity contribution in [1.82, 2.24) is 9.47 Å². The molecule has 32 heavy (non-hydrogen) atoms. The molecule has 1 aromatic heterocycles. The maximum Gasteiger partial charge on any atom is 0.252 e. The van der Waals surface area contributed by atoms with Crippen LogP contribution in [0.2, 0.25) is 5.02 Å². The van der Waals surface area contributed by atoms with E-state index in [4.69, 9.17) is 27.8 Å². The lowest BCUT2D eigenvalue weighted by atomic mass is 9.88. The van der Waals surface area contributed by atoms with E-state index in [0.717, 1.165) is 57.4 Å². The molecular formula is C25H31ClN4O2. The van der Waals surface area contributed by atoms with Gasteiger partial charge in [-0.25, -0.2) is 0 Å². The number of halogens is 1. The van der Waals surface area contributed by atoms with Gasteiger partial charge in [-0.05, 0) is 74.8 Å². The second-order valence-electron chi connectivity index (χ2n) is 8.61. The predicted molar refractivity (Wildman–Crippen MR) is 130 cm³/mol. The van der Waals surface area contributed by atoms with Gasteiger partial charge >= 0.3 is 0 Å². The minimum absolute atomic E-state index is 0.289. The van der Waals surface area contributed by atoms with E-state index in [9.17, 15) is 4.79 Å². The Morgan fingerprint density at radius 3 is 2.66 bits per heavy atom. The number of nitrogens with two attached hydrogens (primary N) is 2. The average molecular weight is 455 g/mol. The van der Waals surface area contributed by atoms with Gasteiger partial charge in [-0.1, -0.05) is 29.8 Å². The molecule has 0 bridgehead atoms. The molecule has 4 N–H and O–H groups in total. The molecule has 1 aliphatic heterocycles. The monoisotopic (exact) mass is 454 g/mol. The van der Waals surface area contributed by atoms with Crippen molar-refractivity contribution in [2.24, 2.45) is 11.7 Å². The highest BCUT2D eigenvalue weighted by Gasteiger charge is 2.25. The summed E-state index contributed by atoms with van der Waals surface area (Å²) in [6.45, 7) is 4.23. The van der Waals surface area contributed by atoms with Crippen molar-refractivity contribution < 1.29 is 9.53 Å². The van der Waals surface area contributed by atoms with Gasteiger partial charge in [0.2, 0.25) is 0 Å². The Labute approximate surface area is 194 Å². The number of rotatable bonds is 8. The number of aryl methyl sites for hydroxylation is 1. The Hall–Kier alpha value is -2.70. The number of methoxy groups -OCH3 is 1. The van der Waals surface area contributed by atoms with Gasteiger partial charge in [-0.3, -0.25) is 4.79 Å². The van der Waals surface area contributed by atoms with Gasteiger partial charge in [0.15, 0.2) is 0 Å². The smallest absolute Gasteiger partial charge is 0.252 e. The van der Waals surface area contributed by atoms with Crippen LogP contribution >= 0.6 is 11.6 Å². The molecule has 1 aliphatic rings. The Kier molecular flexibility index (Phi) is 6.92. The summed E-state index contributed by atoms with van der Waals surface area (Å²) in [7, 11) is 1.54. The number of para-hydroxylation sites is 1. The van der Waals surface area contributed by atoms with Gasteiger partial charge in [0.25, 0.3) is 5.91 Å². The van der Waals surface area contributed by atoms with Crippen molar-refractivity contribution in [1.29, 1.82) is 0 Å². The zero-order valence-electron chi connectivity index (χ0n) is 18.5. The van der Waals surface area contributed by atoms with Crippen molar-refractivity contribution in [3.63, 3.8) is 0 Å². The van der Waals surface area contributed by atoms with Crippen molar-refractivity contribution in [3.8, 4) is 5.75 Å². The number of ether oxygens (including phenoxy) is 1. The number of aromatic nitrogens is 1. The predicted octanol–water partition coefficient (Wildman–Crippen LogP) is 4.33. The molecule has 1 fully saturated rings. The third-order valence-electron chi connectivity index (χ3n) is 6.60. The number of benzene rings is 2. The summed E-state index contributed by atoms with van der Waals surface area (Å²) in [4.78, 5) is 14.4. The van der Waals surface area contributed by atoms with Gasteiger partial charge in [0.1, 0.15) is 5.75 Å². The van der Waals surface area contributed by atoms with E-state index in [1.165, 1.54) is 24.1 Å². The first-order valence-electron chi connectivity index (χ1n) is 11.2. The minimum Gasteiger partial charge on any atom is -0.496 e. The van der Waals surface area contributed by atoms with E-state index in [2.05, 4.69) is 46.0 Å². The zero-order valence-corrected chi connectivity index (χ0v) is 19.3. The van der Waals surface area contributed by atoms with Crippen LogP contribution in [0.1, 0.15) is 35.2 Å². The highest BCUT2D eigenvalue weighted by Crippen LogP contribution is 2.38. The number of likely N-dealkylation sites (tertiary alicyclic amines) is 1. The molecule has 170 valence electrons. The molecule has 0 aliphatic carbocycles. The van der Waals surface area contributed by atoms with Gasteiger partial charge < -0.3 is 25.7 Å². The first-order chi connectivity index (χ1) is 15.5. The molecule has 3 aromatic rings. The molecular weight excluding hydrogens is 424 g/mol. The van der Waals surface area contributed by atoms with E-state index >= 15 is 0 Å². The Morgan fingerprint density at radius 2 is 1.94 bits per heavy atom. The molecule has 1 saturated heterocycles. The number of nitrogens with zero attached hydrogens (tertiary/aromatic N) is 2. The average Bonchev–Trinajstić information content (AvgIpc) is 3.21. The fourth-order valence-electron chi connectivity index (χ4n) is 4.82. The normalized spacial score (nSPS) is 15.3. The number of anilines is 1. The second kappa shape index (κ2) is 9.84. The summed E-state index contributed by atoms with van der Waals surface area (Å²) >= 11 is 6.27. The lowest BCUT2D eigenvalue weighted by molar-refractivity contribution is 0.0997. The van der Waals surface area contributed by atoms with E-state index in [0.29, 0.717) is 22.4 Å². The number of primary amides is 1. The van der Waals surface area contributed by atoms with E-state index in [1.807, 2.05) is 0 Å². The third-order valence-corrected chi connectivity index (χ3v) is 6.91. The van der Waals surface area contributed by atoms with Crippen LogP contribution in [-0.4, -0.2) is 42.1 Å². The van der Waals surface area contributed by atoms with Crippen molar-refractivity contribution >= 4 is 34.1 Å². The van der Waals surface area contributed by atoms with Crippen LogP contribution in [0.15, 0.2) is 42.6 Å². The van der Waals surface area contributed by atoms with Gasteiger partial charge in [0.05, 0.1) is 23.4 Å². The largest absolute Gasteiger partial charge is 0.496 e. The molecule has 4 rings (SSSR count). The molecule has 0 saturated carbocycles. The zero-order chi connectivity index (χ0) is 22.7. The number of carbonyl (C=O) groups excluding carboxylic acids is 1. The summed E-state index contributed by atoms with van der Waals surface area (Å²) in [6, 6.07) is 12.2. The van der Waals surface area contributed by atoms with Crippen LogP contribution in [0, 0.1) is 5.92 Å². The fraction of sp³-hybridized carbons (Fsp3) is 0.400. The fourth-order valence-corrected chi connectivity index (χ4v) is 5.04. The lowest BCUT2D eigenvalue weighted by Crippen LogP contribution is -2.35. The minimum atomic E-state index is -0.560. The highest BCUT2D eigenvalue weighted by atomic mass is 35.5. The maximum atomic E-state index is 11.8. The Balaban J connectivity index is 1.32. The molecule has 2 aromatic carbocycles. The molecule has 7 heteroatoms. The topological polar surface area (TPSA) is 86.5 Å². The number of hydrogen-bond donors (Lipinski definition) is 2. The van der Waals surface area contributed by atoms with Crippen molar-refractivity contribution in [3.05, 3.63) is 58.7 Å². The number of piperidine rings is 1. The maximum absolute atomic E-state index is 11.8. The number of amides is 1. The van der Waals surface area contributed by atoms with Crippen LogP contribution in [0.4, 0.5) is 5.69 Å². The summed E-state index contributed by atoms with van der Waals surface area (Å²) in [5, 5.41) is 1.65. The molecule has 0 atom stereocenters. The van der Waals surface area contributed by atoms with E-state index in [-0.39, 0.29) is 5.56 Å². The number of hydrogen-bond acceptors (Lipinski definition) is 4. The van der Waals surface area contributed by atoms with Gasteiger partial charge in [0, 0.05) is 23.8 Å². The quantitative estimate of drug-likeness (QED) is 0.496. The first-order valence-corrected chi connectivity index (χ1v) is 11.6. The van der Waals surface area contributed by atoms with Crippen LogP contribution in [-0.2, 0) is 13.0 Å². The van der Waals surface area contributed by atoms with Crippen molar-refractivity contribution in [2.75, 3.05) is 32.5 Å². The standard InChI is InChI=1S/C25H31ClN4O2/c1-32-24-19(23(27)21(26)16-20(24)25(28)31)15-17-7-12-29(13-8-17)10-4-11-30-14-9-18-5-2-3-6-22(18)30/h2-3,5-6,9,14,16-17H,4,7-8,10-13,15,27H2,1H3,(H2,28,31). The van der Waals surface area contributed by atoms with Crippen molar-refractivity contribution in [2.45, 2.75) is 32.2 Å². The first kappa shape index (κ1) is 22.5. The van der Waals surface area contributed by atoms with Crippen LogP contribution < -0.4 is 16.2 Å². The molecule has 0 spiro atoms. The Morgan fingerprint density at radius 1 is 1.19 bits per heavy atom. The summed E-state index contributed by atoms with van der Waals surface area (Å²) in [5.41, 5.74) is 14.6. The molecule has 2 heterocycles. The van der Waals surface area contributed by atoms with Gasteiger partial charge in [-0.2, -0.15) is 0 Å². The van der Waals surface area contributed by atoms with Crippen LogP contribution in [0.25, 0.3) is 10.9 Å². The number of carbonyl (C=O) groups is 1. The van der Waals surface area contributed by atoms with Crippen LogP contribution in [0.5, 0.6) is 5.75 Å². The summed E-state index contributed by atoms with van der Waals surface area (Å²) in [5.74, 6) is 0.367. The van der Waals surface area contributed by atoms with Crippen LogP contribution in [0.3, 0.4) is 0 Å². The SMILES string of the molecule is COc1c(C(N)=O)cc(Cl)c(N)c1CC1CCN(CCCn2ccc3ccccc32)CC1. The summed E-state index contributed by atoms with van der Waals surface area (Å²) in [6.07, 6.45) is 6.19. The second-order valence-corrected chi connectivity index (χ2v) is 9.01. The lowest BCUT2D eigenvalue weighted by Gasteiger charge is -2.32. The third kappa shape index (κ3) is 4.71. The molecule has 1 amide bonds. The molecule has 0 radical (unpaired) electrons. The number of fused-ring (bicyclic) bond motifs is 1.